The van der Waals surface area contributed by atoms with Crippen molar-refractivity contribution in [2.24, 2.45) is 101 Å². The summed E-state index contributed by atoms with van der Waals surface area (Å²) < 4.78 is 0. The first-order valence-electron chi connectivity index (χ1n) is 27.0. The molecule has 0 amide bonds. The first-order valence-corrected chi connectivity index (χ1v) is 27.0. The predicted molar refractivity (Wildman–Crippen MR) is 298 cm³/mol. The molecule has 0 spiro atoms. The van der Waals surface area contributed by atoms with Crippen LogP contribution in [0.3, 0.4) is 0 Å². The average Bonchev–Trinajstić information content (AvgIpc) is 3.42. The van der Waals surface area contributed by atoms with Gasteiger partial charge in [-0.25, -0.2) is 0 Å². The van der Waals surface area contributed by atoms with Crippen LogP contribution in [0.4, 0.5) is 0 Å². The highest BCUT2D eigenvalue weighted by atomic mass is 14.4. The van der Waals surface area contributed by atoms with E-state index in [2.05, 4.69) is 133 Å². The van der Waals surface area contributed by atoms with Gasteiger partial charge >= 0.3 is 0 Å². The largest absolute Gasteiger partial charge is 0.198 e. The molecule has 5 rings (SSSR count). The van der Waals surface area contributed by atoms with Crippen molar-refractivity contribution in [1.29, 1.82) is 26.3 Å². The monoisotopic (exact) mass is 946 g/mol. The van der Waals surface area contributed by atoms with Crippen LogP contribution in [0.1, 0.15) is 149 Å². The lowest BCUT2D eigenvalue weighted by molar-refractivity contribution is 0.205. The van der Waals surface area contributed by atoms with E-state index >= 15 is 0 Å². The molecule has 0 radical (unpaired) electrons. The fourth-order valence-corrected chi connectivity index (χ4v) is 12.1. The van der Waals surface area contributed by atoms with Crippen LogP contribution in [0.5, 0.6) is 0 Å². The van der Waals surface area contributed by atoms with Gasteiger partial charge in [-0.2, -0.15) is 26.3 Å². The Hall–Kier alpha value is -5.15. The fourth-order valence-electron chi connectivity index (χ4n) is 12.1. The molecule has 70 heavy (non-hydrogen) atoms. The number of hydrogen-bond donors (Lipinski definition) is 0. The third-order valence-corrected chi connectivity index (χ3v) is 17.0. The van der Waals surface area contributed by atoms with Gasteiger partial charge in [-0.15, -0.1) is 65.8 Å². The SMILES string of the molecule is C=CC1CCC(C(C)C#N)CC1C=C.C=CC1CCC(C=C)C(C(C)C#N)C1.C=CC1CCC(C=C)C(CCC#N)C1.C=CC1CCC(CCC#N)C(C=C)C1.C=CC1CCC(CCC#N)CC1C=C. The Labute approximate surface area is 430 Å². The Kier molecular flexibility index (Phi) is 33.8. The van der Waals surface area contributed by atoms with E-state index in [-0.39, 0.29) is 11.8 Å². The maximum atomic E-state index is 8.95. The van der Waals surface area contributed by atoms with Gasteiger partial charge in [-0.05, 0) is 218 Å². The van der Waals surface area contributed by atoms with Crippen molar-refractivity contribution in [2.75, 3.05) is 0 Å². The molecular weight excluding hydrogens is 851 g/mol. The topological polar surface area (TPSA) is 119 Å². The molecule has 0 bridgehead atoms. The molecule has 0 aromatic rings. The number of hydrogen-bond acceptors (Lipinski definition) is 5. The third-order valence-electron chi connectivity index (χ3n) is 17.0. The molecule has 5 nitrogen and oxygen atoms in total. The summed E-state index contributed by atoms with van der Waals surface area (Å²) in [5.74, 6) is 9.42. The Morgan fingerprint density at radius 1 is 0.371 bits per heavy atom. The fraction of sp³-hybridized carbons (Fsp3) is 0.615. The van der Waals surface area contributed by atoms with Gasteiger partial charge in [0.2, 0.25) is 0 Å². The first kappa shape index (κ1) is 62.9. The van der Waals surface area contributed by atoms with Crippen LogP contribution in [-0.2, 0) is 0 Å². The van der Waals surface area contributed by atoms with Crippen molar-refractivity contribution in [3.05, 3.63) is 127 Å². The van der Waals surface area contributed by atoms with E-state index in [1.54, 1.807) is 0 Å². The number of nitriles is 5. The second kappa shape index (κ2) is 37.6. The molecule has 0 aromatic carbocycles. The molecule has 0 heterocycles. The summed E-state index contributed by atoms with van der Waals surface area (Å²) in [6, 6.07) is 11.4. The van der Waals surface area contributed by atoms with E-state index in [4.69, 9.17) is 26.3 Å². The van der Waals surface area contributed by atoms with Crippen molar-refractivity contribution in [1.82, 2.24) is 0 Å². The van der Waals surface area contributed by atoms with Crippen molar-refractivity contribution >= 4 is 0 Å². The zero-order valence-corrected chi connectivity index (χ0v) is 44.2. The average molecular weight is 947 g/mol. The lowest BCUT2D eigenvalue weighted by Crippen LogP contribution is -2.27. The van der Waals surface area contributed by atoms with Crippen LogP contribution >= 0.6 is 0 Å². The van der Waals surface area contributed by atoms with Gasteiger partial charge in [-0.3, -0.25) is 0 Å². The summed E-state index contributed by atoms with van der Waals surface area (Å²) in [4.78, 5) is 0. The molecule has 17 unspecified atom stereocenters. The molecule has 0 aliphatic heterocycles. The lowest BCUT2D eigenvalue weighted by Gasteiger charge is -2.34. The lowest BCUT2D eigenvalue weighted by atomic mass is 9.69. The first-order chi connectivity index (χ1) is 33.9. The van der Waals surface area contributed by atoms with Crippen LogP contribution < -0.4 is 0 Å². The van der Waals surface area contributed by atoms with Crippen molar-refractivity contribution in [3.63, 3.8) is 0 Å². The van der Waals surface area contributed by atoms with E-state index < -0.39 is 0 Å². The molecular formula is C65H95N5. The minimum absolute atomic E-state index is 0.140. The summed E-state index contributed by atoms with van der Waals surface area (Å²) >= 11 is 0. The van der Waals surface area contributed by atoms with Gasteiger partial charge in [0.25, 0.3) is 0 Å². The maximum Gasteiger partial charge on any atom is 0.0656 e. The highest BCUT2D eigenvalue weighted by molar-refractivity contribution is 5.02. The van der Waals surface area contributed by atoms with Gasteiger partial charge in [0, 0.05) is 31.1 Å². The van der Waals surface area contributed by atoms with Crippen LogP contribution in [0.25, 0.3) is 0 Å². The Balaban J connectivity index is 0.000000437. The molecule has 0 saturated heterocycles. The Morgan fingerprint density at radius 2 is 0.800 bits per heavy atom. The molecule has 380 valence electrons. The van der Waals surface area contributed by atoms with Crippen LogP contribution in [0, 0.1) is 157 Å². The Bertz CT molecular complexity index is 1820. The van der Waals surface area contributed by atoms with E-state index in [1.165, 1.54) is 64.2 Å². The van der Waals surface area contributed by atoms with Crippen molar-refractivity contribution in [3.8, 4) is 30.3 Å². The molecule has 5 fully saturated rings. The predicted octanol–water partition coefficient (Wildman–Crippen LogP) is 18.2. The van der Waals surface area contributed by atoms with E-state index in [9.17, 15) is 0 Å². The molecule has 5 saturated carbocycles. The number of rotatable bonds is 18. The summed E-state index contributed by atoms with van der Waals surface area (Å²) in [5.41, 5.74) is 0. The smallest absolute Gasteiger partial charge is 0.0656 e. The number of nitrogens with zero attached hydrogens (tertiary/aromatic N) is 5. The molecule has 17 atom stereocenters. The molecule has 0 aromatic heterocycles. The highest BCUT2D eigenvalue weighted by Crippen LogP contribution is 2.42. The molecule has 5 aliphatic rings. The maximum absolute atomic E-state index is 8.95. The minimum Gasteiger partial charge on any atom is -0.198 e. The zero-order chi connectivity index (χ0) is 52.3. The zero-order valence-electron chi connectivity index (χ0n) is 44.2. The normalized spacial score (nSPS) is 32.7. The van der Waals surface area contributed by atoms with Crippen molar-refractivity contribution < 1.29 is 0 Å². The van der Waals surface area contributed by atoms with Crippen LogP contribution in [0.2, 0.25) is 0 Å². The summed E-state index contributed by atoms with van der Waals surface area (Å²) in [6.45, 7) is 42.7. The van der Waals surface area contributed by atoms with E-state index in [1.807, 2.05) is 38.2 Å². The minimum atomic E-state index is 0.140. The summed E-state index contributed by atoms with van der Waals surface area (Å²) in [5, 5.41) is 43.5. The second-order valence-electron chi connectivity index (χ2n) is 21.1. The van der Waals surface area contributed by atoms with Crippen LogP contribution in [0.15, 0.2) is 127 Å². The molecule has 5 aliphatic carbocycles. The third kappa shape index (κ3) is 22.3. The van der Waals surface area contributed by atoms with Gasteiger partial charge < -0.3 is 0 Å². The molecule has 0 N–H and O–H groups in total. The second-order valence-corrected chi connectivity index (χ2v) is 21.1. The summed E-state index contributed by atoms with van der Waals surface area (Å²) in [7, 11) is 0. The van der Waals surface area contributed by atoms with Gasteiger partial charge in [0.1, 0.15) is 0 Å². The van der Waals surface area contributed by atoms with Gasteiger partial charge in [-0.1, -0.05) is 60.8 Å². The van der Waals surface area contributed by atoms with Crippen LogP contribution in [-0.4, -0.2) is 0 Å². The summed E-state index contributed by atoms with van der Waals surface area (Å²) in [6.07, 6.45) is 43.6. The van der Waals surface area contributed by atoms with E-state index in [0.29, 0.717) is 102 Å². The van der Waals surface area contributed by atoms with Gasteiger partial charge in [0.15, 0.2) is 0 Å². The van der Waals surface area contributed by atoms with E-state index in [0.717, 1.165) is 57.3 Å². The molecule has 5 heteroatoms. The van der Waals surface area contributed by atoms with Crippen molar-refractivity contribution in [2.45, 2.75) is 149 Å². The highest BCUT2D eigenvalue weighted by Gasteiger charge is 2.32. The Morgan fingerprint density at radius 3 is 1.30 bits per heavy atom. The van der Waals surface area contributed by atoms with Gasteiger partial charge in [0.05, 0.1) is 30.3 Å². The standard InChI is InChI=1S/5C13H19N/c1-4-11-6-7-13(10(3)9-14)8-12(11)5-2;1-4-11-6-7-12(5-2)13(8-11)10(3)9-14;1-3-12-8-7-11(6-5-9-14)10-13(12)4-2;1-3-11-7-8-13(6-5-9-14)12(4-2)10-11;1-3-11-7-8-12(4-2)13(10-11)6-5-9-14/h2*4-5,10-13H,1-2,6-8H2,3H3;3*3-4,11-13H,1-2,5-8,10H2. The number of allylic oxidation sites excluding steroid dienone is 10. The quantitative estimate of drug-likeness (QED) is 0.127.